The number of nitrogens with zero attached hydrogens (tertiary/aromatic N) is 2. The quantitative estimate of drug-likeness (QED) is 0.697. The van der Waals surface area contributed by atoms with Gasteiger partial charge in [0.05, 0.1) is 12.6 Å². The highest BCUT2D eigenvalue weighted by molar-refractivity contribution is 5.79. The first kappa shape index (κ1) is 19.6. The van der Waals surface area contributed by atoms with Crippen molar-refractivity contribution < 1.29 is 19.4 Å². The molecule has 1 amide bonds. The Kier molecular flexibility index (Phi) is 7.28. The number of carbonyl (C=O) groups excluding carboxylic acids is 1. The molecule has 1 aliphatic carbocycles. The largest absolute Gasteiger partial charge is 0.480 e. The van der Waals surface area contributed by atoms with Gasteiger partial charge in [0.25, 0.3) is 0 Å². The van der Waals surface area contributed by atoms with Gasteiger partial charge in [-0.1, -0.05) is 0 Å². The number of piperazine rings is 1. The molecule has 2 saturated heterocycles. The topological polar surface area (TPSA) is 82.1 Å². The number of carboxylic acids is 1. The van der Waals surface area contributed by atoms with Crippen LogP contribution >= 0.6 is 0 Å². The van der Waals surface area contributed by atoms with Gasteiger partial charge >= 0.3 is 5.97 Å². The second-order valence-corrected chi connectivity index (χ2v) is 7.98. The van der Waals surface area contributed by atoms with Gasteiger partial charge in [-0.05, 0) is 70.5 Å². The molecule has 0 aromatic rings. The van der Waals surface area contributed by atoms with Crippen LogP contribution in [0.5, 0.6) is 0 Å². The molecule has 3 fully saturated rings. The first-order valence-electron chi connectivity index (χ1n) is 10.2. The molecule has 2 aliphatic heterocycles. The number of hydrogen-bond donors (Lipinski definition) is 2. The lowest BCUT2D eigenvalue weighted by molar-refractivity contribution is -0.145. The van der Waals surface area contributed by atoms with Crippen molar-refractivity contribution in [3.63, 3.8) is 0 Å². The zero-order valence-electron chi connectivity index (χ0n) is 15.7. The third-order valence-electron chi connectivity index (χ3n) is 6.18. The summed E-state index contributed by atoms with van der Waals surface area (Å²) in [6.45, 7) is 5.46. The van der Waals surface area contributed by atoms with Crippen LogP contribution in [-0.4, -0.2) is 84.8 Å². The van der Waals surface area contributed by atoms with Crippen molar-refractivity contribution in [3.05, 3.63) is 0 Å². The van der Waals surface area contributed by atoms with Crippen LogP contribution in [0.4, 0.5) is 0 Å². The van der Waals surface area contributed by atoms with Crippen LogP contribution in [0.25, 0.3) is 0 Å². The molecule has 148 valence electrons. The smallest absolute Gasteiger partial charge is 0.329 e. The van der Waals surface area contributed by atoms with Gasteiger partial charge in [0.2, 0.25) is 5.91 Å². The minimum atomic E-state index is -0.914. The van der Waals surface area contributed by atoms with E-state index in [1.807, 2.05) is 0 Å². The minimum Gasteiger partial charge on any atom is -0.480 e. The van der Waals surface area contributed by atoms with Crippen molar-refractivity contribution in [2.75, 3.05) is 45.9 Å². The second-order valence-electron chi connectivity index (χ2n) is 7.98. The Balaban J connectivity index is 1.36. The number of ether oxygens (including phenoxy) is 1. The average Bonchev–Trinajstić information content (AvgIpc) is 2.66. The van der Waals surface area contributed by atoms with Crippen LogP contribution in [0.3, 0.4) is 0 Å². The molecule has 0 aromatic heterocycles. The molecule has 0 spiro atoms. The molecule has 7 nitrogen and oxygen atoms in total. The minimum absolute atomic E-state index is 0.0312. The van der Waals surface area contributed by atoms with Crippen molar-refractivity contribution >= 4 is 11.9 Å². The summed E-state index contributed by atoms with van der Waals surface area (Å²) < 4.78 is 5.40. The van der Waals surface area contributed by atoms with E-state index in [1.54, 1.807) is 0 Å². The van der Waals surface area contributed by atoms with Crippen molar-refractivity contribution in [2.24, 2.45) is 5.92 Å². The van der Waals surface area contributed by atoms with Gasteiger partial charge < -0.3 is 20.1 Å². The van der Waals surface area contributed by atoms with Crippen LogP contribution in [0.2, 0.25) is 0 Å². The number of nitrogens with one attached hydrogen (secondary N) is 1. The third kappa shape index (κ3) is 5.66. The standard InChI is InChI=1S/C19H33N3O4/c23-18-13-21(10-7-15-5-8-20-9-6-15)11-12-22(18)16-1-3-17(4-2-16)26-14-19(24)25/h15-17,20H,1-14H2,(H,24,25). The first-order chi connectivity index (χ1) is 12.6. The summed E-state index contributed by atoms with van der Waals surface area (Å²) in [7, 11) is 0. The Labute approximate surface area is 156 Å². The Morgan fingerprint density at radius 2 is 1.85 bits per heavy atom. The maximum Gasteiger partial charge on any atom is 0.329 e. The van der Waals surface area contributed by atoms with Crippen LogP contribution in [0.15, 0.2) is 0 Å². The lowest BCUT2D eigenvalue weighted by atomic mass is 9.91. The SMILES string of the molecule is O=C(O)COC1CCC(N2CCN(CCC3CCNCC3)CC2=O)CC1. The van der Waals surface area contributed by atoms with E-state index < -0.39 is 5.97 Å². The van der Waals surface area contributed by atoms with Crippen LogP contribution in [0, 0.1) is 5.92 Å². The van der Waals surface area contributed by atoms with Crippen LogP contribution < -0.4 is 5.32 Å². The van der Waals surface area contributed by atoms with Crippen LogP contribution in [0.1, 0.15) is 44.9 Å². The van der Waals surface area contributed by atoms with Gasteiger partial charge in [0.15, 0.2) is 0 Å². The van der Waals surface area contributed by atoms with Gasteiger partial charge in [0.1, 0.15) is 6.61 Å². The Morgan fingerprint density at radius 1 is 1.12 bits per heavy atom. The molecule has 7 heteroatoms. The van der Waals surface area contributed by atoms with E-state index in [0.29, 0.717) is 12.6 Å². The zero-order chi connectivity index (χ0) is 18.4. The fourth-order valence-electron chi connectivity index (χ4n) is 4.56. The van der Waals surface area contributed by atoms with Gasteiger partial charge in [-0.2, -0.15) is 0 Å². The van der Waals surface area contributed by atoms with E-state index in [4.69, 9.17) is 9.84 Å². The molecule has 0 bridgehead atoms. The summed E-state index contributed by atoms with van der Waals surface area (Å²) in [4.78, 5) is 27.6. The van der Waals surface area contributed by atoms with E-state index in [1.165, 1.54) is 19.3 Å². The van der Waals surface area contributed by atoms with Crippen molar-refractivity contribution in [2.45, 2.75) is 57.1 Å². The summed E-state index contributed by atoms with van der Waals surface area (Å²) in [5, 5.41) is 12.1. The molecule has 1 saturated carbocycles. The van der Waals surface area contributed by atoms with Gasteiger partial charge in [-0.25, -0.2) is 4.79 Å². The predicted molar refractivity (Wildman–Crippen MR) is 98.0 cm³/mol. The lowest BCUT2D eigenvalue weighted by Crippen LogP contribution is -2.55. The zero-order valence-corrected chi connectivity index (χ0v) is 15.7. The molecule has 3 aliphatic rings. The van der Waals surface area contributed by atoms with E-state index in [9.17, 15) is 9.59 Å². The molecule has 3 rings (SSSR count). The number of piperidine rings is 1. The fraction of sp³-hybridized carbons (Fsp3) is 0.895. The Hall–Kier alpha value is -1.18. The van der Waals surface area contributed by atoms with Gasteiger partial charge in [-0.3, -0.25) is 9.69 Å². The monoisotopic (exact) mass is 367 g/mol. The maximum absolute atomic E-state index is 12.6. The molecule has 0 unspecified atom stereocenters. The number of hydrogen-bond acceptors (Lipinski definition) is 5. The summed E-state index contributed by atoms with van der Waals surface area (Å²) in [5.74, 6) is 0.157. The number of amides is 1. The van der Waals surface area contributed by atoms with E-state index in [0.717, 1.165) is 64.3 Å². The van der Waals surface area contributed by atoms with Gasteiger partial charge in [0, 0.05) is 19.1 Å². The van der Waals surface area contributed by atoms with Gasteiger partial charge in [-0.15, -0.1) is 0 Å². The summed E-state index contributed by atoms with van der Waals surface area (Å²) in [6, 6.07) is 0.304. The molecule has 0 aromatic carbocycles. The summed E-state index contributed by atoms with van der Waals surface area (Å²) >= 11 is 0. The van der Waals surface area contributed by atoms with Crippen molar-refractivity contribution in [3.8, 4) is 0 Å². The molecule has 0 atom stereocenters. The lowest BCUT2D eigenvalue weighted by Gasteiger charge is -2.42. The van der Waals surface area contributed by atoms with Crippen LogP contribution in [-0.2, 0) is 14.3 Å². The van der Waals surface area contributed by atoms with E-state index in [-0.39, 0.29) is 18.6 Å². The van der Waals surface area contributed by atoms with E-state index >= 15 is 0 Å². The first-order valence-corrected chi connectivity index (χ1v) is 10.2. The molecule has 26 heavy (non-hydrogen) atoms. The Bertz CT molecular complexity index is 473. The molecular weight excluding hydrogens is 334 g/mol. The molecule has 2 heterocycles. The maximum atomic E-state index is 12.6. The van der Waals surface area contributed by atoms with Crippen molar-refractivity contribution in [1.29, 1.82) is 0 Å². The second kappa shape index (κ2) is 9.67. The highest BCUT2D eigenvalue weighted by Crippen LogP contribution is 2.26. The summed E-state index contributed by atoms with van der Waals surface area (Å²) in [5.41, 5.74) is 0. The number of carboxylic acid groups (broad SMARTS) is 1. The molecule has 0 radical (unpaired) electrons. The number of rotatable bonds is 7. The van der Waals surface area contributed by atoms with Crippen molar-refractivity contribution in [1.82, 2.24) is 15.1 Å². The number of carbonyl (C=O) groups is 2. The predicted octanol–water partition coefficient (Wildman–Crippen LogP) is 0.933. The summed E-state index contributed by atoms with van der Waals surface area (Å²) in [6.07, 6.45) is 7.31. The number of aliphatic carboxylic acids is 1. The normalized spacial score (nSPS) is 29.1. The highest BCUT2D eigenvalue weighted by Gasteiger charge is 2.32. The Morgan fingerprint density at radius 3 is 2.50 bits per heavy atom. The molecular formula is C19H33N3O4. The highest BCUT2D eigenvalue weighted by atomic mass is 16.5. The third-order valence-corrected chi connectivity index (χ3v) is 6.18. The van der Waals surface area contributed by atoms with E-state index in [2.05, 4.69) is 15.1 Å². The fourth-order valence-corrected chi connectivity index (χ4v) is 4.56. The molecule has 2 N–H and O–H groups in total. The average molecular weight is 367 g/mol.